The summed E-state index contributed by atoms with van der Waals surface area (Å²) in [6.45, 7) is 0. The summed E-state index contributed by atoms with van der Waals surface area (Å²) in [6, 6.07) is 9.57. The number of carboxylic acids is 1. The quantitative estimate of drug-likeness (QED) is 0.464. The smallest absolute Gasteiger partial charge is 0.307 e. The van der Waals surface area contributed by atoms with Crippen molar-refractivity contribution in [3.8, 4) is 11.4 Å². The predicted octanol–water partition coefficient (Wildman–Crippen LogP) is 2.54. The van der Waals surface area contributed by atoms with Gasteiger partial charge in [-0.3, -0.25) is 9.59 Å². The summed E-state index contributed by atoms with van der Waals surface area (Å²) in [5.74, 6) is -1.22. The molecule has 11 heteroatoms. The van der Waals surface area contributed by atoms with E-state index in [-0.39, 0.29) is 17.9 Å². The van der Waals surface area contributed by atoms with Gasteiger partial charge < -0.3 is 14.9 Å². The summed E-state index contributed by atoms with van der Waals surface area (Å²) in [5, 5.41) is 30.0. The number of hydrogen-bond donors (Lipinski definition) is 3. The molecule has 0 radical (unpaired) electrons. The van der Waals surface area contributed by atoms with Crippen LogP contribution in [0.1, 0.15) is 16.1 Å². The largest absolute Gasteiger partial charge is 0.481 e. The monoisotopic (exact) mass is 398 g/mol. The second-order valence-corrected chi connectivity index (χ2v) is 6.25. The maximum atomic E-state index is 12.7. The van der Waals surface area contributed by atoms with Crippen LogP contribution in [0.4, 0.5) is 5.69 Å². The number of hydrogen-bond acceptors (Lipinski definition) is 7. The lowest BCUT2D eigenvalue weighted by Gasteiger charge is -2.08. The summed E-state index contributed by atoms with van der Waals surface area (Å²) in [5.41, 5.74) is 1.81. The number of carboxylic acid groups (broad SMARTS) is 1. The third-order valence-electron chi connectivity index (χ3n) is 3.92. The highest BCUT2D eigenvalue weighted by atomic mass is 35.5. The van der Waals surface area contributed by atoms with Crippen molar-refractivity contribution in [3.05, 3.63) is 52.7 Å². The molecule has 4 rings (SSSR count). The summed E-state index contributed by atoms with van der Waals surface area (Å²) in [7, 11) is 0. The zero-order chi connectivity index (χ0) is 19.7. The molecule has 2 heterocycles. The van der Waals surface area contributed by atoms with Crippen LogP contribution >= 0.6 is 11.6 Å². The van der Waals surface area contributed by atoms with Gasteiger partial charge in [0.15, 0.2) is 11.3 Å². The first-order valence-corrected chi connectivity index (χ1v) is 8.34. The van der Waals surface area contributed by atoms with Crippen molar-refractivity contribution in [2.75, 3.05) is 5.32 Å². The molecule has 1 amide bonds. The van der Waals surface area contributed by atoms with Crippen LogP contribution in [0.5, 0.6) is 0 Å². The number of carbonyl (C=O) groups excluding carboxylic acids is 1. The SMILES string of the molecule is O=C(O)Cc1ccc2c(C(=O)Nc3ccc(Cl)cc3-c3nn[nH]n3)noc2c1. The Morgan fingerprint density at radius 1 is 1.21 bits per heavy atom. The molecule has 140 valence electrons. The summed E-state index contributed by atoms with van der Waals surface area (Å²) >= 11 is 6.03. The Morgan fingerprint density at radius 2 is 2.07 bits per heavy atom. The number of carbonyl (C=O) groups is 2. The van der Waals surface area contributed by atoms with Crippen molar-refractivity contribution in [2.24, 2.45) is 0 Å². The van der Waals surface area contributed by atoms with Gasteiger partial charge in [0.2, 0.25) is 5.82 Å². The van der Waals surface area contributed by atoms with Crippen LogP contribution in [-0.4, -0.2) is 42.8 Å². The highest BCUT2D eigenvalue weighted by molar-refractivity contribution is 6.31. The van der Waals surface area contributed by atoms with Gasteiger partial charge >= 0.3 is 5.97 Å². The molecule has 0 saturated heterocycles. The van der Waals surface area contributed by atoms with E-state index >= 15 is 0 Å². The average molecular weight is 399 g/mol. The van der Waals surface area contributed by atoms with Crippen molar-refractivity contribution < 1.29 is 19.2 Å². The minimum atomic E-state index is -0.964. The number of nitrogens with zero attached hydrogens (tertiary/aromatic N) is 4. The second kappa shape index (κ2) is 7.08. The van der Waals surface area contributed by atoms with Crippen LogP contribution < -0.4 is 5.32 Å². The number of benzene rings is 2. The number of amides is 1. The molecule has 3 N–H and O–H groups in total. The lowest BCUT2D eigenvalue weighted by molar-refractivity contribution is -0.136. The molecule has 0 aliphatic rings. The van der Waals surface area contributed by atoms with Crippen molar-refractivity contribution >= 4 is 40.1 Å². The number of aromatic nitrogens is 5. The van der Waals surface area contributed by atoms with E-state index in [1.807, 2.05) is 0 Å². The standard InChI is InChI=1S/C17H11ClN6O4/c18-9-2-4-12(11(7-9)16-20-23-24-21-16)19-17(27)15-10-3-1-8(6-14(25)26)5-13(10)28-22-15/h1-5,7H,6H2,(H,19,27)(H,25,26)(H,20,21,23,24). The minimum Gasteiger partial charge on any atom is -0.481 e. The van der Waals surface area contributed by atoms with Gasteiger partial charge in [-0.15, -0.1) is 10.2 Å². The minimum absolute atomic E-state index is 0.0610. The van der Waals surface area contributed by atoms with Crippen LogP contribution in [0, 0.1) is 0 Å². The molecule has 0 atom stereocenters. The predicted molar refractivity (Wildman–Crippen MR) is 97.9 cm³/mol. The number of fused-ring (bicyclic) bond motifs is 1. The molecule has 2 aromatic heterocycles. The van der Waals surface area contributed by atoms with Gasteiger partial charge in [0.25, 0.3) is 5.91 Å². The molecule has 0 aliphatic heterocycles. The van der Waals surface area contributed by atoms with E-state index in [4.69, 9.17) is 21.2 Å². The van der Waals surface area contributed by atoms with E-state index in [1.165, 1.54) is 0 Å². The molecular weight excluding hydrogens is 388 g/mol. The molecular formula is C17H11ClN6O4. The van der Waals surface area contributed by atoms with Crippen LogP contribution in [0.25, 0.3) is 22.4 Å². The molecule has 0 aliphatic carbocycles. The van der Waals surface area contributed by atoms with E-state index in [0.717, 1.165) is 0 Å². The van der Waals surface area contributed by atoms with E-state index in [2.05, 4.69) is 31.1 Å². The first-order valence-electron chi connectivity index (χ1n) is 7.96. The Hall–Kier alpha value is -3.79. The Labute approximate surface area is 161 Å². The number of rotatable bonds is 5. The zero-order valence-electron chi connectivity index (χ0n) is 14.0. The van der Waals surface area contributed by atoms with Gasteiger partial charge in [0.05, 0.1) is 17.5 Å². The Morgan fingerprint density at radius 3 is 2.82 bits per heavy atom. The molecule has 10 nitrogen and oxygen atoms in total. The van der Waals surface area contributed by atoms with E-state index in [1.54, 1.807) is 36.4 Å². The molecule has 0 saturated carbocycles. The van der Waals surface area contributed by atoms with Crippen molar-refractivity contribution in [1.29, 1.82) is 0 Å². The highest BCUT2D eigenvalue weighted by Crippen LogP contribution is 2.29. The lowest BCUT2D eigenvalue weighted by Crippen LogP contribution is -2.13. The summed E-state index contributed by atoms with van der Waals surface area (Å²) < 4.78 is 5.19. The molecule has 0 bridgehead atoms. The van der Waals surface area contributed by atoms with E-state index in [9.17, 15) is 9.59 Å². The maximum absolute atomic E-state index is 12.7. The van der Waals surface area contributed by atoms with E-state index < -0.39 is 11.9 Å². The fourth-order valence-electron chi connectivity index (χ4n) is 2.70. The molecule has 2 aromatic carbocycles. The Bertz CT molecular complexity index is 1190. The van der Waals surface area contributed by atoms with Crippen LogP contribution in [0.15, 0.2) is 40.9 Å². The first kappa shape index (κ1) is 17.6. The highest BCUT2D eigenvalue weighted by Gasteiger charge is 2.19. The summed E-state index contributed by atoms with van der Waals surface area (Å²) in [4.78, 5) is 23.6. The van der Waals surface area contributed by atoms with Gasteiger partial charge in [-0.25, -0.2) is 0 Å². The van der Waals surface area contributed by atoms with Gasteiger partial charge in [-0.2, -0.15) is 5.21 Å². The number of tetrazole rings is 1. The maximum Gasteiger partial charge on any atom is 0.307 e. The molecule has 4 aromatic rings. The fraction of sp³-hybridized carbons (Fsp3) is 0.0588. The van der Waals surface area contributed by atoms with E-state index in [0.29, 0.717) is 32.8 Å². The first-order chi connectivity index (χ1) is 13.5. The Balaban J connectivity index is 1.65. The summed E-state index contributed by atoms with van der Waals surface area (Å²) in [6.07, 6.45) is -0.156. The van der Waals surface area contributed by atoms with Gasteiger partial charge in [0.1, 0.15) is 0 Å². The van der Waals surface area contributed by atoms with Crippen LogP contribution in [0.3, 0.4) is 0 Å². The normalized spacial score (nSPS) is 10.9. The third kappa shape index (κ3) is 3.40. The third-order valence-corrected chi connectivity index (χ3v) is 4.16. The number of halogens is 1. The number of anilines is 1. The Kier molecular flexibility index (Phi) is 4.45. The molecule has 28 heavy (non-hydrogen) atoms. The van der Waals surface area contributed by atoms with Crippen LogP contribution in [0.2, 0.25) is 5.02 Å². The fourth-order valence-corrected chi connectivity index (χ4v) is 2.87. The van der Waals surface area contributed by atoms with Gasteiger partial charge in [-0.05, 0) is 41.1 Å². The second-order valence-electron chi connectivity index (χ2n) is 5.81. The number of H-pyrrole nitrogens is 1. The van der Waals surface area contributed by atoms with Gasteiger partial charge in [-0.1, -0.05) is 22.8 Å². The molecule has 0 fully saturated rings. The van der Waals surface area contributed by atoms with Crippen LogP contribution in [-0.2, 0) is 11.2 Å². The number of aromatic amines is 1. The molecule has 0 spiro atoms. The van der Waals surface area contributed by atoms with Crippen molar-refractivity contribution in [2.45, 2.75) is 6.42 Å². The average Bonchev–Trinajstić information content (AvgIpc) is 3.32. The number of aliphatic carboxylic acids is 1. The zero-order valence-corrected chi connectivity index (χ0v) is 14.8. The molecule has 0 unspecified atom stereocenters. The van der Waals surface area contributed by atoms with Crippen molar-refractivity contribution in [3.63, 3.8) is 0 Å². The van der Waals surface area contributed by atoms with Gasteiger partial charge in [0, 0.05) is 10.6 Å². The topological polar surface area (TPSA) is 147 Å². The van der Waals surface area contributed by atoms with Crippen molar-refractivity contribution in [1.82, 2.24) is 25.8 Å². The number of nitrogens with one attached hydrogen (secondary N) is 2. The lowest BCUT2D eigenvalue weighted by atomic mass is 10.1.